The van der Waals surface area contributed by atoms with Gasteiger partial charge in [0.25, 0.3) is 5.56 Å². The van der Waals surface area contributed by atoms with Crippen LogP contribution in [0.3, 0.4) is 0 Å². The molecule has 1 aromatic heterocycles. The van der Waals surface area contributed by atoms with Gasteiger partial charge in [-0.15, -0.1) is 0 Å². The maximum Gasteiger partial charge on any atom is 0.328 e. The molecule has 5 atom stereocenters. The summed E-state index contributed by atoms with van der Waals surface area (Å²) in [6.45, 7) is 6.06. The highest BCUT2D eigenvalue weighted by molar-refractivity contribution is 7.58. The first-order valence-electron chi connectivity index (χ1n) is 8.34. The summed E-state index contributed by atoms with van der Waals surface area (Å²) in [4.78, 5) is 25.7. The molecule has 7 nitrogen and oxygen atoms in total. The Morgan fingerprint density at radius 1 is 1.42 bits per heavy atom. The molecule has 0 saturated heterocycles. The van der Waals surface area contributed by atoms with E-state index in [0.717, 1.165) is 12.8 Å². The lowest BCUT2D eigenvalue weighted by Gasteiger charge is -2.23. The van der Waals surface area contributed by atoms with Crippen molar-refractivity contribution in [2.24, 2.45) is 11.8 Å². The monoisotopic (exact) mass is 358 g/mol. The van der Waals surface area contributed by atoms with Gasteiger partial charge in [-0.2, -0.15) is 0 Å². The van der Waals surface area contributed by atoms with Gasteiger partial charge in [0.05, 0.1) is 18.8 Å². The second kappa shape index (κ2) is 7.81. The third kappa shape index (κ3) is 4.26. The maximum absolute atomic E-state index is 12.3. The van der Waals surface area contributed by atoms with Gasteiger partial charge in [0.15, 0.2) is 7.37 Å². The maximum atomic E-state index is 12.3. The molecule has 1 aliphatic carbocycles. The Balaban J connectivity index is 2.16. The van der Waals surface area contributed by atoms with E-state index in [9.17, 15) is 14.2 Å². The second-order valence-electron chi connectivity index (χ2n) is 6.58. The SMILES string of the molecule is CCOP(C)(=O)CC[C@H]1C[C@@H](n2ccc(=O)[nH]c2=O)[C@H](OC)[C@@H]1C. The zero-order chi connectivity index (χ0) is 17.9. The molecular weight excluding hydrogens is 331 g/mol. The number of rotatable bonds is 7. The zero-order valence-electron chi connectivity index (χ0n) is 14.7. The number of hydrogen-bond acceptors (Lipinski definition) is 5. The fraction of sp³-hybridized carbons (Fsp3) is 0.750. The summed E-state index contributed by atoms with van der Waals surface area (Å²) in [7, 11) is -0.927. The van der Waals surface area contributed by atoms with Crippen LogP contribution in [0.2, 0.25) is 0 Å². The van der Waals surface area contributed by atoms with E-state index in [1.807, 2.05) is 6.92 Å². The van der Waals surface area contributed by atoms with Crippen molar-refractivity contribution in [2.45, 2.75) is 38.8 Å². The van der Waals surface area contributed by atoms with Gasteiger partial charge in [0.1, 0.15) is 0 Å². The molecule has 2 rings (SSSR count). The first-order chi connectivity index (χ1) is 11.3. The molecule has 8 heteroatoms. The molecule has 0 radical (unpaired) electrons. The highest BCUT2D eigenvalue weighted by Gasteiger charge is 2.42. The van der Waals surface area contributed by atoms with E-state index in [2.05, 4.69) is 11.9 Å². The molecule has 1 unspecified atom stereocenters. The minimum absolute atomic E-state index is 0.123. The Morgan fingerprint density at radius 3 is 2.71 bits per heavy atom. The molecule has 0 aromatic carbocycles. The van der Waals surface area contributed by atoms with Gasteiger partial charge in [0, 0.05) is 32.2 Å². The van der Waals surface area contributed by atoms with E-state index >= 15 is 0 Å². The molecule has 0 amide bonds. The standard InChI is InChI=1S/C16H27N2O5P/c1-5-23-24(4,21)9-7-12-10-13(15(22-3)11(12)2)18-8-6-14(19)17-16(18)20/h6,8,11-13,15H,5,7,9-10H2,1-4H3,(H,17,19,20)/t11-,12+,13-,15-,24?/m1/s1. The lowest BCUT2D eigenvalue weighted by atomic mass is 9.94. The molecule has 0 aliphatic heterocycles. The summed E-state index contributed by atoms with van der Waals surface area (Å²) in [5, 5.41) is 0. The van der Waals surface area contributed by atoms with Crippen molar-refractivity contribution < 1.29 is 13.8 Å². The molecule has 1 fully saturated rings. The number of aromatic amines is 1. The summed E-state index contributed by atoms with van der Waals surface area (Å²) in [5.74, 6) is 0.507. The molecule has 0 bridgehead atoms. The highest BCUT2D eigenvalue weighted by Crippen LogP contribution is 2.48. The normalized spacial score (nSPS) is 29.5. The molecular formula is C16H27N2O5P. The van der Waals surface area contributed by atoms with Crippen molar-refractivity contribution in [2.75, 3.05) is 26.5 Å². The number of H-pyrrole nitrogens is 1. The van der Waals surface area contributed by atoms with E-state index in [0.29, 0.717) is 12.8 Å². The molecule has 0 spiro atoms. The third-order valence-electron chi connectivity index (χ3n) is 4.97. The first kappa shape index (κ1) is 19.2. The van der Waals surface area contributed by atoms with Gasteiger partial charge >= 0.3 is 5.69 Å². The third-order valence-corrected chi connectivity index (χ3v) is 6.85. The Morgan fingerprint density at radius 2 is 2.12 bits per heavy atom. The summed E-state index contributed by atoms with van der Waals surface area (Å²) < 4.78 is 24.8. The summed E-state index contributed by atoms with van der Waals surface area (Å²) in [5.41, 5.74) is -0.825. The van der Waals surface area contributed by atoms with Crippen molar-refractivity contribution in [1.29, 1.82) is 0 Å². The van der Waals surface area contributed by atoms with Crippen LogP contribution in [0.5, 0.6) is 0 Å². The first-order valence-corrected chi connectivity index (χ1v) is 10.6. The predicted octanol–water partition coefficient (Wildman–Crippen LogP) is 2.08. The predicted molar refractivity (Wildman–Crippen MR) is 93.1 cm³/mol. The van der Waals surface area contributed by atoms with Gasteiger partial charge < -0.3 is 9.26 Å². The van der Waals surface area contributed by atoms with Crippen LogP contribution in [0.25, 0.3) is 0 Å². The van der Waals surface area contributed by atoms with E-state index in [4.69, 9.17) is 9.26 Å². The van der Waals surface area contributed by atoms with Gasteiger partial charge in [-0.3, -0.25) is 18.9 Å². The number of methoxy groups -OCH3 is 1. The Hall–Kier alpha value is -1.17. The number of aromatic nitrogens is 2. The van der Waals surface area contributed by atoms with Crippen LogP contribution in [0.4, 0.5) is 0 Å². The largest absolute Gasteiger partial charge is 0.379 e. The topological polar surface area (TPSA) is 90.4 Å². The minimum Gasteiger partial charge on any atom is -0.379 e. The van der Waals surface area contributed by atoms with Gasteiger partial charge in [0.2, 0.25) is 0 Å². The summed E-state index contributed by atoms with van der Waals surface area (Å²) in [6, 6.07) is 1.21. The van der Waals surface area contributed by atoms with Crippen LogP contribution >= 0.6 is 7.37 Å². The minimum atomic E-state index is -2.56. The zero-order valence-corrected chi connectivity index (χ0v) is 15.6. The van der Waals surface area contributed by atoms with E-state index in [1.165, 1.54) is 12.3 Å². The van der Waals surface area contributed by atoms with Gasteiger partial charge in [-0.05, 0) is 31.6 Å². The number of nitrogens with zero attached hydrogens (tertiary/aromatic N) is 1. The average molecular weight is 358 g/mol. The van der Waals surface area contributed by atoms with Crippen molar-refractivity contribution in [3.63, 3.8) is 0 Å². The molecule has 1 aromatic rings. The average Bonchev–Trinajstić information content (AvgIpc) is 2.81. The fourth-order valence-electron chi connectivity index (χ4n) is 3.73. The lowest BCUT2D eigenvalue weighted by molar-refractivity contribution is 0.0400. The molecule has 1 heterocycles. The second-order valence-corrected chi connectivity index (χ2v) is 9.32. The smallest absolute Gasteiger partial charge is 0.328 e. The van der Waals surface area contributed by atoms with Gasteiger partial charge in [-0.1, -0.05) is 6.92 Å². The Labute approximate surface area is 141 Å². The molecule has 1 saturated carbocycles. The number of ether oxygens (including phenoxy) is 1. The number of hydrogen-bond donors (Lipinski definition) is 1. The van der Waals surface area contributed by atoms with E-state index in [-0.39, 0.29) is 24.0 Å². The highest BCUT2D eigenvalue weighted by atomic mass is 31.2. The van der Waals surface area contributed by atoms with E-state index < -0.39 is 18.6 Å². The van der Waals surface area contributed by atoms with Crippen molar-refractivity contribution in [3.8, 4) is 0 Å². The van der Waals surface area contributed by atoms with E-state index in [1.54, 1.807) is 18.3 Å². The molecule has 1 N–H and O–H groups in total. The Bertz CT molecular complexity index is 713. The lowest BCUT2D eigenvalue weighted by Crippen LogP contribution is -2.36. The van der Waals surface area contributed by atoms with Crippen molar-refractivity contribution in [1.82, 2.24) is 9.55 Å². The number of nitrogens with one attached hydrogen (secondary N) is 1. The molecule has 24 heavy (non-hydrogen) atoms. The van der Waals surface area contributed by atoms with Crippen LogP contribution in [0.1, 0.15) is 32.7 Å². The van der Waals surface area contributed by atoms with Crippen LogP contribution in [0, 0.1) is 11.8 Å². The van der Waals surface area contributed by atoms with Crippen molar-refractivity contribution >= 4 is 7.37 Å². The van der Waals surface area contributed by atoms with Crippen LogP contribution in [-0.4, -0.2) is 42.2 Å². The molecule has 1 aliphatic rings. The molecule has 136 valence electrons. The van der Waals surface area contributed by atoms with Gasteiger partial charge in [-0.25, -0.2) is 4.79 Å². The summed E-state index contributed by atoms with van der Waals surface area (Å²) >= 11 is 0. The van der Waals surface area contributed by atoms with Crippen LogP contribution < -0.4 is 11.2 Å². The van der Waals surface area contributed by atoms with Crippen molar-refractivity contribution in [3.05, 3.63) is 33.1 Å². The fourth-order valence-corrected chi connectivity index (χ4v) is 5.20. The quantitative estimate of drug-likeness (QED) is 0.754. The van der Waals surface area contributed by atoms with Crippen LogP contribution in [-0.2, 0) is 13.8 Å². The summed E-state index contributed by atoms with van der Waals surface area (Å²) in [6.07, 6.45) is 3.44. The van der Waals surface area contributed by atoms with Crippen LogP contribution in [0.15, 0.2) is 21.9 Å². The Kier molecular flexibility index (Phi) is 6.23.